The Balaban J connectivity index is 0.000000211. The Bertz CT molecular complexity index is 3410. The maximum atomic E-state index is 14.0. The van der Waals surface area contributed by atoms with Crippen molar-refractivity contribution in [3.8, 4) is 0 Å². The van der Waals surface area contributed by atoms with E-state index in [1.807, 2.05) is 147 Å². The third-order valence-corrected chi connectivity index (χ3v) is 15.2. The monoisotopic (exact) mass is 1090 g/mol. The summed E-state index contributed by atoms with van der Waals surface area (Å²) in [6.45, 7) is 6.18. The number of aliphatic hydroxyl groups is 3. The van der Waals surface area contributed by atoms with Crippen LogP contribution in [0.4, 0.5) is 0 Å². The number of esters is 1. The van der Waals surface area contributed by atoms with Gasteiger partial charge in [-0.2, -0.15) is 0 Å². The highest BCUT2D eigenvalue weighted by molar-refractivity contribution is 9.10. The summed E-state index contributed by atoms with van der Waals surface area (Å²) < 4.78 is 30.1. The van der Waals surface area contributed by atoms with E-state index in [9.17, 15) is 19.8 Å². The number of rotatable bonds is 9. The Kier molecular flexibility index (Phi) is 15.0. The molecule has 3 N–H and O–H groups in total. The zero-order valence-electron chi connectivity index (χ0n) is 43.3. The van der Waals surface area contributed by atoms with E-state index in [4.69, 9.17) is 24.1 Å². The van der Waals surface area contributed by atoms with E-state index in [1.165, 1.54) is 17.9 Å². The average Bonchev–Trinajstić information content (AvgIpc) is 4.02. The fraction of sp³-hybridized carbons (Fsp3) is 0.212. The number of ketones is 1. The quantitative estimate of drug-likeness (QED) is 0.120. The van der Waals surface area contributed by atoms with E-state index in [1.54, 1.807) is 13.8 Å². The SMILES string of the molecule is Brc1cccc2ccccc12.CC1(C)O[C@@H](C(O)(c2cccc3ccccc23)c2cccc3ccccc23)[C@H](C(O)(c2cccc3ccccc23)c2cccc3ccccc23)O1.COC(=O)[C@@H]1OC(C)(C)O[C@H]1C(=O)CO. The van der Waals surface area contributed by atoms with Crippen molar-refractivity contribution in [3.63, 3.8) is 0 Å². The van der Waals surface area contributed by atoms with Crippen molar-refractivity contribution in [2.75, 3.05) is 13.7 Å². The van der Waals surface area contributed by atoms with Crippen LogP contribution in [0.3, 0.4) is 0 Å². The summed E-state index contributed by atoms with van der Waals surface area (Å²) in [6, 6.07) is 70.9. The average molecular weight is 1090 g/mol. The molecule has 10 aromatic carbocycles. The van der Waals surface area contributed by atoms with E-state index >= 15 is 0 Å². The number of Topliss-reactive ketones (excluding diaryl/α,β-unsaturated/α-hetero) is 1. The first-order valence-corrected chi connectivity index (χ1v) is 26.3. The Morgan fingerprint density at radius 2 is 0.727 bits per heavy atom. The van der Waals surface area contributed by atoms with Crippen molar-refractivity contribution in [2.24, 2.45) is 0 Å². The summed E-state index contributed by atoms with van der Waals surface area (Å²) in [5, 5.41) is 46.8. The molecule has 0 saturated carbocycles. The molecule has 0 radical (unpaired) electrons. The van der Waals surface area contributed by atoms with E-state index in [0.29, 0.717) is 22.3 Å². The fourth-order valence-electron chi connectivity index (χ4n) is 11.1. The van der Waals surface area contributed by atoms with Crippen LogP contribution in [0, 0.1) is 0 Å². The van der Waals surface area contributed by atoms with Crippen LogP contribution in [-0.4, -0.2) is 76.8 Å². The highest BCUT2D eigenvalue weighted by Crippen LogP contribution is 2.54. The number of benzene rings is 10. The molecule has 10 aromatic rings. The smallest absolute Gasteiger partial charge is 0.338 e. The Labute approximate surface area is 455 Å². The lowest BCUT2D eigenvalue weighted by molar-refractivity contribution is -0.172. The number of ether oxygens (including phenoxy) is 5. The standard InChI is InChI=1S/C47H38O4.C10H7Br.C9H14O6/c1-45(2)50-43(46(48,39-27-11-19-31-15-3-7-23-35(31)39)40-28-12-20-32-16-4-8-24-36(32)40)44(51-45)47(49,41-29-13-21-33-17-5-9-25-37(33)41)42-30-14-22-34-18-6-10-26-38(34)42;11-10-7-3-5-8-4-1-2-6-9(8)10;1-9(2)14-6(5(11)4-10)7(15-9)8(12)13-3/h3-30,43-44,48-49H,1-2H3;1-7H;6-7,10H,4H2,1-3H3/t43-,44-;;6-,7+/m1.0/s1. The van der Waals surface area contributed by atoms with E-state index < -0.39 is 65.6 Å². The molecule has 0 spiro atoms. The van der Waals surface area contributed by atoms with Gasteiger partial charge in [0.2, 0.25) is 0 Å². The van der Waals surface area contributed by atoms with E-state index in [0.717, 1.165) is 47.6 Å². The van der Waals surface area contributed by atoms with Gasteiger partial charge in [-0.25, -0.2) is 4.79 Å². The summed E-state index contributed by atoms with van der Waals surface area (Å²) >= 11 is 3.50. The van der Waals surface area contributed by atoms with Gasteiger partial charge in [0.25, 0.3) is 0 Å². The molecule has 4 atom stereocenters. The Morgan fingerprint density at radius 3 is 1.06 bits per heavy atom. The lowest BCUT2D eigenvalue weighted by Gasteiger charge is -2.43. The lowest BCUT2D eigenvalue weighted by Crippen LogP contribution is -2.55. The van der Waals surface area contributed by atoms with Gasteiger partial charge in [0.15, 0.2) is 29.6 Å². The van der Waals surface area contributed by atoms with Gasteiger partial charge < -0.3 is 39.0 Å². The van der Waals surface area contributed by atoms with Crippen molar-refractivity contribution >= 4 is 81.5 Å². The van der Waals surface area contributed by atoms with Crippen LogP contribution >= 0.6 is 15.9 Å². The number of halogens is 1. The fourth-order valence-corrected chi connectivity index (χ4v) is 11.6. The van der Waals surface area contributed by atoms with Crippen molar-refractivity contribution < 1.29 is 48.6 Å². The first kappa shape index (κ1) is 53.2. The molecule has 11 heteroatoms. The predicted octanol–water partition coefficient (Wildman–Crippen LogP) is 12.8. The van der Waals surface area contributed by atoms with Crippen LogP contribution in [0.15, 0.2) is 217 Å². The van der Waals surface area contributed by atoms with Gasteiger partial charge in [0.1, 0.15) is 30.0 Å². The van der Waals surface area contributed by atoms with Crippen molar-refractivity contribution in [1.29, 1.82) is 0 Å². The van der Waals surface area contributed by atoms with Crippen LogP contribution in [-0.2, 0) is 44.5 Å². The summed E-state index contributed by atoms with van der Waals surface area (Å²) in [4.78, 5) is 22.5. The minimum absolute atomic E-state index is 0.601. The van der Waals surface area contributed by atoms with Gasteiger partial charge >= 0.3 is 5.97 Å². The van der Waals surface area contributed by atoms with E-state index in [-0.39, 0.29) is 0 Å². The zero-order valence-corrected chi connectivity index (χ0v) is 44.9. The number of methoxy groups -OCH3 is 1. The summed E-state index contributed by atoms with van der Waals surface area (Å²) in [6.07, 6.45) is -4.39. The largest absolute Gasteiger partial charge is 0.467 e. The normalized spacial score (nSPS) is 18.9. The molecule has 2 aliphatic rings. The molecule has 10 nitrogen and oxygen atoms in total. The number of hydrogen-bond acceptors (Lipinski definition) is 10. The summed E-state index contributed by atoms with van der Waals surface area (Å²) in [5.74, 6) is -3.50. The molecule has 0 aliphatic carbocycles. The first-order chi connectivity index (χ1) is 37.1. The molecule has 0 aromatic heterocycles. The van der Waals surface area contributed by atoms with Gasteiger partial charge in [-0.15, -0.1) is 0 Å². The number of carbonyl (C=O) groups excluding carboxylic acids is 2. The first-order valence-electron chi connectivity index (χ1n) is 25.5. The number of carbonyl (C=O) groups is 2. The Morgan fingerprint density at radius 1 is 0.442 bits per heavy atom. The van der Waals surface area contributed by atoms with Crippen LogP contribution < -0.4 is 0 Å². The van der Waals surface area contributed by atoms with E-state index in [2.05, 4.69) is 99.5 Å². The van der Waals surface area contributed by atoms with Crippen LogP contribution in [0.25, 0.3) is 53.9 Å². The van der Waals surface area contributed by atoms with Crippen molar-refractivity contribution in [1.82, 2.24) is 0 Å². The second-order valence-corrected chi connectivity index (χ2v) is 21.1. The van der Waals surface area contributed by atoms with Gasteiger partial charge in [0.05, 0.1) is 7.11 Å². The molecule has 77 heavy (non-hydrogen) atoms. The minimum atomic E-state index is -1.80. The maximum absolute atomic E-state index is 14.0. The lowest BCUT2D eigenvalue weighted by atomic mass is 9.69. The van der Waals surface area contributed by atoms with Gasteiger partial charge in [0, 0.05) is 4.47 Å². The minimum Gasteiger partial charge on any atom is -0.467 e. The number of aliphatic hydroxyl groups excluding tert-OH is 1. The molecule has 0 unspecified atom stereocenters. The van der Waals surface area contributed by atoms with Crippen molar-refractivity contribution in [3.05, 3.63) is 239 Å². The third kappa shape index (κ3) is 10.2. The summed E-state index contributed by atoms with van der Waals surface area (Å²) in [5.41, 5.74) is -0.914. The highest BCUT2D eigenvalue weighted by atomic mass is 79.9. The number of hydrogen-bond donors (Lipinski definition) is 3. The second kappa shape index (κ2) is 21.7. The zero-order chi connectivity index (χ0) is 54.1. The van der Waals surface area contributed by atoms with Gasteiger partial charge in [-0.3, -0.25) is 4.79 Å². The Hall–Kier alpha value is -7.16. The van der Waals surface area contributed by atoms with Gasteiger partial charge in [-0.05, 0) is 110 Å². The third-order valence-electron chi connectivity index (χ3n) is 14.5. The number of fused-ring (bicyclic) bond motifs is 5. The molecule has 390 valence electrons. The van der Waals surface area contributed by atoms with Crippen molar-refractivity contribution in [2.45, 2.75) is 74.9 Å². The summed E-state index contributed by atoms with van der Waals surface area (Å²) in [7, 11) is 1.19. The molecule has 2 aliphatic heterocycles. The van der Waals surface area contributed by atoms with Crippen LogP contribution in [0.1, 0.15) is 49.9 Å². The molecule has 2 saturated heterocycles. The molecular formula is C66H59BrO10. The molecule has 2 heterocycles. The molecule has 2 fully saturated rings. The molecule has 0 bridgehead atoms. The molecule has 12 rings (SSSR count). The second-order valence-electron chi connectivity index (χ2n) is 20.2. The molecular weight excluding hydrogens is 1030 g/mol. The predicted molar refractivity (Wildman–Crippen MR) is 305 cm³/mol. The maximum Gasteiger partial charge on any atom is 0.338 e. The van der Waals surface area contributed by atoms with Gasteiger partial charge in [-0.1, -0.05) is 222 Å². The van der Waals surface area contributed by atoms with Crippen LogP contribution in [0.5, 0.6) is 0 Å². The van der Waals surface area contributed by atoms with Crippen LogP contribution in [0.2, 0.25) is 0 Å². The highest BCUT2D eigenvalue weighted by Gasteiger charge is 2.62. The topological polar surface area (TPSA) is 141 Å². The molecule has 0 amide bonds.